The van der Waals surface area contributed by atoms with Crippen molar-refractivity contribution in [2.24, 2.45) is 0 Å². The van der Waals surface area contributed by atoms with E-state index in [1.165, 1.54) is 16.8 Å². The molecule has 0 bridgehead atoms. The Morgan fingerprint density at radius 3 is 2.65 bits per heavy atom. The van der Waals surface area contributed by atoms with Crippen LogP contribution in [0.2, 0.25) is 0 Å². The second kappa shape index (κ2) is 9.81. The van der Waals surface area contributed by atoms with Gasteiger partial charge in [-0.25, -0.2) is 4.68 Å². The molecule has 0 aliphatic heterocycles. The fourth-order valence-corrected chi connectivity index (χ4v) is 2.84. The Morgan fingerprint density at radius 2 is 1.97 bits per heavy atom. The monoisotopic (exact) mass is 424 g/mol. The summed E-state index contributed by atoms with van der Waals surface area (Å²) in [5.74, 6) is 0.396. The first-order valence-corrected chi connectivity index (χ1v) is 9.67. The highest BCUT2D eigenvalue weighted by Gasteiger charge is 2.18. The zero-order valence-electron chi connectivity index (χ0n) is 17.6. The van der Waals surface area contributed by atoms with E-state index in [9.17, 15) is 14.9 Å². The fraction of sp³-hybridized carbons (Fsp3) is 0.286. The second-order valence-electron chi connectivity index (χ2n) is 7.19. The summed E-state index contributed by atoms with van der Waals surface area (Å²) in [5, 5.41) is 21.7. The lowest BCUT2D eigenvalue weighted by molar-refractivity contribution is -0.384. The summed E-state index contributed by atoms with van der Waals surface area (Å²) in [6.07, 6.45) is 0. The molecule has 0 radical (unpaired) electrons. The Morgan fingerprint density at radius 1 is 1.23 bits per heavy atom. The second-order valence-corrected chi connectivity index (χ2v) is 7.19. The number of hydrogen-bond donors (Lipinski definition) is 1. The normalized spacial score (nSPS) is 10.8. The molecule has 3 rings (SSSR count). The van der Waals surface area contributed by atoms with Crippen molar-refractivity contribution < 1.29 is 14.5 Å². The topological polar surface area (TPSA) is 115 Å². The number of nitro benzene ring substituents is 1. The predicted octanol–water partition coefficient (Wildman–Crippen LogP) is 2.35. The molecule has 1 amide bonds. The number of carbonyl (C=O) groups excluding carboxylic acids is 1. The highest BCUT2D eigenvalue weighted by atomic mass is 16.6. The Hall–Kier alpha value is -3.79. The Kier molecular flexibility index (Phi) is 6.93. The van der Waals surface area contributed by atoms with Crippen LogP contribution >= 0.6 is 0 Å². The molecule has 162 valence electrons. The first kappa shape index (κ1) is 21.9. The van der Waals surface area contributed by atoms with Crippen LogP contribution in [0.5, 0.6) is 5.75 Å². The molecule has 0 saturated carbocycles. The first-order chi connectivity index (χ1) is 14.8. The lowest BCUT2D eigenvalue weighted by atomic mass is 10.2. The Labute approximate surface area is 179 Å². The number of benzene rings is 2. The molecule has 0 saturated heterocycles. The summed E-state index contributed by atoms with van der Waals surface area (Å²) < 4.78 is 7.06. The molecule has 31 heavy (non-hydrogen) atoms. The van der Waals surface area contributed by atoms with Crippen molar-refractivity contribution in [3.8, 4) is 11.4 Å². The van der Waals surface area contributed by atoms with Gasteiger partial charge < -0.3 is 15.0 Å². The van der Waals surface area contributed by atoms with Gasteiger partial charge in [-0.15, -0.1) is 5.10 Å². The van der Waals surface area contributed by atoms with E-state index in [2.05, 4.69) is 15.6 Å². The van der Waals surface area contributed by atoms with E-state index < -0.39 is 4.92 Å². The van der Waals surface area contributed by atoms with Crippen LogP contribution < -0.4 is 10.1 Å². The smallest absolute Gasteiger partial charge is 0.274 e. The summed E-state index contributed by atoms with van der Waals surface area (Å²) in [5.41, 5.74) is 1.96. The van der Waals surface area contributed by atoms with Gasteiger partial charge in [0, 0.05) is 25.2 Å². The number of non-ortho nitro benzene ring substituents is 1. The molecular weight excluding hydrogens is 400 g/mol. The molecule has 0 fully saturated rings. The minimum absolute atomic E-state index is 0.0625. The van der Waals surface area contributed by atoms with E-state index in [0.717, 1.165) is 17.9 Å². The Bertz CT molecular complexity index is 1060. The third-order valence-corrected chi connectivity index (χ3v) is 4.58. The number of nitrogens with one attached hydrogen (secondary N) is 1. The van der Waals surface area contributed by atoms with Crippen molar-refractivity contribution in [3.63, 3.8) is 0 Å². The van der Waals surface area contributed by atoms with E-state index >= 15 is 0 Å². The number of hydrogen-bond acceptors (Lipinski definition) is 7. The number of aromatic nitrogens is 3. The maximum atomic E-state index is 12.6. The number of amides is 1. The third kappa shape index (κ3) is 5.64. The fourth-order valence-electron chi connectivity index (χ4n) is 2.84. The van der Waals surface area contributed by atoms with Crippen LogP contribution in [-0.2, 0) is 6.54 Å². The third-order valence-electron chi connectivity index (χ3n) is 4.58. The Balaban J connectivity index is 1.61. The number of ether oxygens (including phenoxy) is 1. The quantitative estimate of drug-likeness (QED) is 0.414. The largest absolute Gasteiger partial charge is 0.492 e. The van der Waals surface area contributed by atoms with Gasteiger partial charge in [0.2, 0.25) is 0 Å². The molecule has 1 N–H and O–H groups in total. The minimum Gasteiger partial charge on any atom is -0.492 e. The number of carbonyl (C=O) groups is 1. The van der Waals surface area contributed by atoms with Crippen LogP contribution in [0.4, 0.5) is 5.69 Å². The number of rotatable bonds is 9. The molecule has 10 nitrogen and oxygen atoms in total. The summed E-state index contributed by atoms with van der Waals surface area (Å²) in [4.78, 5) is 25.1. The molecule has 1 heterocycles. The van der Waals surface area contributed by atoms with Gasteiger partial charge in [-0.2, -0.15) is 0 Å². The first-order valence-electron chi connectivity index (χ1n) is 9.67. The summed E-state index contributed by atoms with van der Waals surface area (Å²) in [6, 6.07) is 13.5. The van der Waals surface area contributed by atoms with Gasteiger partial charge in [0.1, 0.15) is 12.4 Å². The van der Waals surface area contributed by atoms with E-state index in [-0.39, 0.29) is 17.3 Å². The number of likely N-dealkylation sites (N-methyl/N-ethyl adjacent to an activating group) is 1. The molecule has 10 heteroatoms. The number of nitrogens with zero attached hydrogens (tertiary/aromatic N) is 5. The maximum Gasteiger partial charge on any atom is 0.274 e. The zero-order valence-corrected chi connectivity index (χ0v) is 17.6. The van der Waals surface area contributed by atoms with Crippen LogP contribution in [-0.4, -0.2) is 58.0 Å². The lowest BCUT2D eigenvalue weighted by Gasteiger charge is -2.11. The van der Waals surface area contributed by atoms with Crippen LogP contribution in [0, 0.1) is 17.0 Å². The van der Waals surface area contributed by atoms with Gasteiger partial charge in [-0.1, -0.05) is 23.4 Å². The molecule has 2 aromatic carbocycles. The maximum absolute atomic E-state index is 12.6. The van der Waals surface area contributed by atoms with Crippen LogP contribution in [0.1, 0.15) is 21.7 Å². The molecular formula is C21H24N6O4. The average molecular weight is 424 g/mol. The van der Waals surface area contributed by atoms with E-state index in [0.29, 0.717) is 24.5 Å². The summed E-state index contributed by atoms with van der Waals surface area (Å²) in [6.45, 7) is 3.43. The van der Waals surface area contributed by atoms with Crippen LogP contribution in [0.15, 0.2) is 48.5 Å². The molecule has 0 aliphatic carbocycles. The van der Waals surface area contributed by atoms with Crippen molar-refractivity contribution >= 4 is 11.6 Å². The molecule has 0 atom stereocenters. The standard InChI is InChI=1S/C21H24N6O4/c1-15-20(23-24-26(15)17-5-4-6-18(13-17)27(29)30)21(28)22-14-16-7-9-19(10-8-16)31-12-11-25(2)3/h4-10,13H,11-12,14H2,1-3H3,(H,22,28). The van der Waals surface area contributed by atoms with Crippen molar-refractivity contribution in [3.05, 3.63) is 75.6 Å². The molecule has 0 unspecified atom stereocenters. The number of nitro groups is 1. The highest BCUT2D eigenvalue weighted by molar-refractivity contribution is 5.93. The van der Waals surface area contributed by atoms with Gasteiger partial charge in [0.15, 0.2) is 5.69 Å². The van der Waals surface area contributed by atoms with Crippen LogP contribution in [0.25, 0.3) is 5.69 Å². The zero-order chi connectivity index (χ0) is 22.4. The summed E-state index contributed by atoms with van der Waals surface area (Å²) >= 11 is 0. The van der Waals surface area contributed by atoms with Crippen LogP contribution in [0.3, 0.4) is 0 Å². The molecule has 0 aliphatic rings. The van der Waals surface area contributed by atoms with Crippen molar-refractivity contribution in [2.75, 3.05) is 27.2 Å². The summed E-state index contributed by atoms with van der Waals surface area (Å²) in [7, 11) is 3.97. The highest BCUT2D eigenvalue weighted by Crippen LogP contribution is 2.18. The van der Waals surface area contributed by atoms with Gasteiger partial charge in [-0.3, -0.25) is 14.9 Å². The van der Waals surface area contributed by atoms with E-state index in [1.807, 2.05) is 43.3 Å². The van der Waals surface area contributed by atoms with Gasteiger partial charge >= 0.3 is 0 Å². The van der Waals surface area contributed by atoms with Gasteiger partial charge in [-0.05, 0) is 44.8 Å². The van der Waals surface area contributed by atoms with E-state index in [1.54, 1.807) is 19.1 Å². The van der Waals surface area contributed by atoms with Crippen molar-refractivity contribution in [1.29, 1.82) is 0 Å². The predicted molar refractivity (Wildman–Crippen MR) is 114 cm³/mol. The molecule has 1 aromatic heterocycles. The van der Waals surface area contributed by atoms with Gasteiger partial charge in [0.25, 0.3) is 11.6 Å². The minimum atomic E-state index is -0.484. The average Bonchev–Trinajstić information content (AvgIpc) is 3.14. The van der Waals surface area contributed by atoms with Crippen molar-refractivity contribution in [2.45, 2.75) is 13.5 Å². The van der Waals surface area contributed by atoms with Gasteiger partial charge in [0.05, 0.1) is 16.3 Å². The van der Waals surface area contributed by atoms with Crippen molar-refractivity contribution in [1.82, 2.24) is 25.2 Å². The SMILES string of the molecule is Cc1c(C(=O)NCc2ccc(OCCN(C)C)cc2)nnn1-c1cccc([N+](=O)[O-])c1. The molecule has 3 aromatic rings. The van der Waals surface area contributed by atoms with E-state index in [4.69, 9.17) is 4.74 Å². The lowest BCUT2D eigenvalue weighted by Crippen LogP contribution is -2.24. The molecule has 0 spiro atoms.